The lowest BCUT2D eigenvalue weighted by Gasteiger charge is -2.26. The lowest BCUT2D eigenvalue weighted by Crippen LogP contribution is -2.57. The molecule has 0 aromatic heterocycles. The van der Waals surface area contributed by atoms with Crippen molar-refractivity contribution in [1.82, 2.24) is 16.0 Å². The van der Waals surface area contributed by atoms with E-state index in [1.54, 1.807) is 13.8 Å². The van der Waals surface area contributed by atoms with Gasteiger partial charge in [0.05, 0.1) is 6.04 Å². The molecular formula is C23H46N8O5. The largest absolute Gasteiger partial charge is 0.480 e. The predicted molar refractivity (Wildman–Crippen MR) is 139 cm³/mol. The molecule has 0 aromatic carbocycles. The zero-order valence-electron chi connectivity index (χ0n) is 22.0. The Morgan fingerprint density at radius 3 is 1.83 bits per heavy atom. The topological polar surface area (TPSA) is 241 Å². The minimum Gasteiger partial charge on any atom is -0.480 e. The van der Waals surface area contributed by atoms with Gasteiger partial charge in [0.15, 0.2) is 5.96 Å². The first-order chi connectivity index (χ1) is 16.8. The maximum absolute atomic E-state index is 13.2. The van der Waals surface area contributed by atoms with Gasteiger partial charge in [-0.25, -0.2) is 4.79 Å². The third-order valence-electron chi connectivity index (χ3n) is 5.45. The number of carboxylic acids is 1. The molecule has 0 aliphatic carbocycles. The minimum atomic E-state index is -1.19. The Labute approximate surface area is 213 Å². The van der Waals surface area contributed by atoms with E-state index in [4.69, 9.17) is 22.9 Å². The summed E-state index contributed by atoms with van der Waals surface area (Å²) < 4.78 is 0. The van der Waals surface area contributed by atoms with E-state index < -0.39 is 47.9 Å². The van der Waals surface area contributed by atoms with Crippen LogP contribution in [-0.4, -0.2) is 72.0 Å². The lowest BCUT2D eigenvalue weighted by atomic mass is 10.0. The van der Waals surface area contributed by atoms with E-state index in [1.807, 2.05) is 13.8 Å². The van der Waals surface area contributed by atoms with Crippen LogP contribution in [0.4, 0.5) is 0 Å². The van der Waals surface area contributed by atoms with Crippen molar-refractivity contribution in [2.45, 2.75) is 90.4 Å². The number of unbranched alkanes of at least 4 members (excludes halogenated alkanes) is 1. The molecule has 0 heterocycles. The standard InChI is InChI=1S/C23H46N8O5/c1-13(2)12-15(25)19(32)29-16(8-5-6-10-24)20(33)30-17(9-7-11-28-23(26)27)21(34)31-18(14(3)4)22(35)36/h13-18H,5-12,24-25H2,1-4H3,(H,29,32)(H,30,33)(H,31,34)(H,35,36)(H4,26,27,28). The third kappa shape index (κ3) is 13.8. The van der Waals surface area contributed by atoms with Gasteiger partial charge in [-0.05, 0) is 56.9 Å². The third-order valence-corrected chi connectivity index (χ3v) is 5.45. The van der Waals surface area contributed by atoms with Crippen LogP contribution in [0.1, 0.15) is 66.2 Å². The second kappa shape index (κ2) is 17.5. The molecule has 13 nitrogen and oxygen atoms in total. The van der Waals surface area contributed by atoms with Crippen molar-refractivity contribution in [3.8, 4) is 0 Å². The highest BCUT2D eigenvalue weighted by Gasteiger charge is 2.31. The summed E-state index contributed by atoms with van der Waals surface area (Å²) in [7, 11) is 0. The lowest BCUT2D eigenvalue weighted by molar-refractivity contribution is -0.143. The second-order valence-corrected chi connectivity index (χ2v) is 9.66. The van der Waals surface area contributed by atoms with Crippen molar-refractivity contribution in [2.75, 3.05) is 13.1 Å². The molecular weight excluding hydrogens is 468 g/mol. The minimum absolute atomic E-state index is 0.105. The number of nitrogens with zero attached hydrogens (tertiary/aromatic N) is 1. The van der Waals surface area contributed by atoms with Crippen LogP contribution < -0.4 is 38.9 Å². The summed E-state index contributed by atoms with van der Waals surface area (Å²) in [6.45, 7) is 7.84. The van der Waals surface area contributed by atoms with E-state index in [0.29, 0.717) is 38.6 Å². The number of carbonyl (C=O) groups is 4. The number of hydrogen-bond donors (Lipinski definition) is 8. The van der Waals surface area contributed by atoms with E-state index in [0.717, 1.165) is 0 Å². The molecule has 4 unspecified atom stereocenters. The first-order valence-electron chi connectivity index (χ1n) is 12.4. The van der Waals surface area contributed by atoms with Crippen molar-refractivity contribution in [1.29, 1.82) is 0 Å². The molecule has 0 spiro atoms. The highest BCUT2D eigenvalue weighted by atomic mass is 16.4. The van der Waals surface area contributed by atoms with E-state index in [-0.39, 0.29) is 30.8 Å². The molecule has 0 saturated carbocycles. The second-order valence-electron chi connectivity index (χ2n) is 9.66. The van der Waals surface area contributed by atoms with E-state index in [1.165, 1.54) is 0 Å². The quantitative estimate of drug-likeness (QED) is 0.0617. The van der Waals surface area contributed by atoms with Crippen molar-refractivity contribution in [3.05, 3.63) is 0 Å². The van der Waals surface area contributed by atoms with Crippen molar-refractivity contribution in [2.24, 2.45) is 39.8 Å². The van der Waals surface area contributed by atoms with Gasteiger partial charge >= 0.3 is 5.97 Å². The highest BCUT2D eigenvalue weighted by Crippen LogP contribution is 2.08. The summed E-state index contributed by atoms with van der Waals surface area (Å²) in [5, 5.41) is 17.3. The first-order valence-corrected chi connectivity index (χ1v) is 12.4. The number of aliphatic carboxylic acids is 1. The highest BCUT2D eigenvalue weighted by molar-refractivity contribution is 5.94. The summed E-state index contributed by atoms with van der Waals surface area (Å²) in [6.07, 6.45) is 2.47. The molecule has 0 saturated heterocycles. The fourth-order valence-corrected chi connectivity index (χ4v) is 3.47. The fourth-order valence-electron chi connectivity index (χ4n) is 3.47. The SMILES string of the molecule is CC(C)CC(N)C(=O)NC(CCCCN)C(=O)NC(CCCN=C(N)N)C(=O)NC(C(=O)O)C(C)C. The molecule has 0 aliphatic heterocycles. The fraction of sp³-hybridized carbons (Fsp3) is 0.783. The van der Waals surface area contributed by atoms with Crippen LogP contribution in [0.25, 0.3) is 0 Å². The summed E-state index contributed by atoms with van der Waals surface area (Å²) in [6, 6.07) is -3.92. The van der Waals surface area contributed by atoms with Gasteiger partial charge < -0.3 is 44.0 Å². The molecule has 0 radical (unpaired) electrons. The smallest absolute Gasteiger partial charge is 0.326 e. The van der Waals surface area contributed by atoms with Crippen molar-refractivity contribution in [3.63, 3.8) is 0 Å². The molecule has 0 aliphatic rings. The Balaban J connectivity index is 5.62. The van der Waals surface area contributed by atoms with Crippen LogP contribution >= 0.6 is 0 Å². The summed E-state index contributed by atoms with van der Waals surface area (Å²) in [5.74, 6) is -3.17. The molecule has 0 aromatic rings. The number of amides is 3. The van der Waals surface area contributed by atoms with Crippen molar-refractivity contribution >= 4 is 29.7 Å². The van der Waals surface area contributed by atoms with Crippen molar-refractivity contribution < 1.29 is 24.3 Å². The molecule has 36 heavy (non-hydrogen) atoms. The number of nitrogens with one attached hydrogen (secondary N) is 3. The number of nitrogens with two attached hydrogens (primary N) is 4. The van der Waals surface area contributed by atoms with E-state index in [9.17, 15) is 24.3 Å². The molecule has 208 valence electrons. The van der Waals surface area contributed by atoms with Gasteiger partial charge in [-0.1, -0.05) is 27.7 Å². The number of rotatable bonds is 18. The summed E-state index contributed by atoms with van der Waals surface area (Å²) in [5.41, 5.74) is 22.2. The van der Waals surface area contributed by atoms with E-state index >= 15 is 0 Å². The van der Waals surface area contributed by atoms with Crippen LogP contribution in [0, 0.1) is 11.8 Å². The molecule has 0 fully saturated rings. The van der Waals surface area contributed by atoms with Crippen LogP contribution in [0.2, 0.25) is 0 Å². The maximum atomic E-state index is 13.2. The zero-order valence-corrected chi connectivity index (χ0v) is 22.0. The van der Waals surface area contributed by atoms with Gasteiger partial charge in [-0.15, -0.1) is 0 Å². The Bertz CT molecular complexity index is 740. The van der Waals surface area contributed by atoms with Crippen LogP contribution in [0.15, 0.2) is 4.99 Å². The molecule has 4 atom stereocenters. The van der Waals surface area contributed by atoms with Crippen LogP contribution in [0.5, 0.6) is 0 Å². The van der Waals surface area contributed by atoms with Gasteiger partial charge in [0.2, 0.25) is 17.7 Å². The van der Waals surface area contributed by atoms with Gasteiger partial charge in [0, 0.05) is 6.54 Å². The number of guanidine groups is 1. The zero-order chi connectivity index (χ0) is 27.8. The molecule has 3 amide bonds. The predicted octanol–water partition coefficient (Wildman–Crippen LogP) is -1.26. The normalized spacial score (nSPS) is 14.4. The average molecular weight is 515 g/mol. The van der Waals surface area contributed by atoms with E-state index in [2.05, 4.69) is 20.9 Å². The number of aliphatic imine (C=N–C) groups is 1. The summed E-state index contributed by atoms with van der Waals surface area (Å²) >= 11 is 0. The number of carbonyl (C=O) groups excluding carboxylic acids is 3. The summed E-state index contributed by atoms with van der Waals surface area (Å²) in [4.78, 5) is 54.1. The van der Waals surface area contributed by atoms with Gasteiger partial charge in [-0.2, -0.15) is 0 Å². The monoisotopic (exact) mass is 514 g/mol. The first kappa shape index (κ1) is 33.1. The Hall–Kier alpha value is -2.93. The number of carboxylic acid groups (broad SMARTS) is 1. The molecule has 13 heteroatoms. The molecule has 0 rings (SSSR count). The molecule has 0 bridgehead atoms. The van der Waals surface area contributed by atoms with Gasteiger partial charge in [-0.3, -0.25) is 19.4 Å². The Morgan fingerprint density at radius 2 is 1.36 bits per heavy atom. The van der Waals surface area contributed by atoms with Crippen LogP contribution in [-0.2, 0) is 19.2 Å². The average Bonchev–Trinajstić information content (AvgIpc) is 2.77. The Kier molecular flexibility index (Phi) is 16.1. The maximum Gasteiger partial charge on any atom is 0.326 e. The van der Waals surface area contributed by atoms with Gasteiger partial charge in [0.1, 0.15) is 18.1 Å². The number of hydrogen-bond acceptors (Lipinski definition) is 7. The van der Waals surface area contributed by atoms with Gasteiger partial charge in [0.25, 0.3) is 0 Å². The Morgan fingerprint density at radius 1 is 0.833 bits per heavy atom. The van der Waals surface area contributed by atoms with Crippen LogP contribution in [0.3, 0.4) is 0 Å². The molecule has 12 N–H and O–H groups in total.